The number of hydrogen-bond acceptors (Lipinski definition) is 1. The Kier molecular flexibility index (Phi) is 4.17. The van der Waals surface area contributed by atoms with E-state index in [2.05, 4.69) is 19.2 Å². The molecule has 1 aromatic carbocycles. The summed E-state index contributed by atoms with van der Waals surface area (Å²) in [6.07, 6.45) is 1.55. The van der Waals surface area contributed by atoms with Crippen LogP contribution < -0.4 is 5.32 Å². The zero-order valence-corrected chi connectivity index (χ0v) is 8.79. The molecule has 1 aromatic rings. The second-order valence-electron chi connectivity index (χ2n) is 3.85. The highest BCUT2D eigenvalue weighted by molar-refractivity contribution is 5.90. The zero-order valence-electron chi connectivity index (χ0n) is 8.79. The fourth-order valence-electron chi connectivity index (χ4n) is 1.16. The van der Waals surface area contributed by atoms with Crippen molar-refractivity contribution in [3.8, 4) is 0 Å². The van der Waals surface area contributed by atoms with Gasteiger partial charge in [-0.2, -0.15) is 0 Å². The van der Waals surface area contributed by atoms with Gasteiger partial charge in [-0.05, 0) is 24.5 Å². The van der Waals surface area contributed by atoms with Gasteiger partial charge >= 0.3 is 0 Å². The van der Waals surface area contributed by atoms with Crippen LogP contribution in [0.3, 0.4) is 0 Å². The van der Waals surface area contributed by atoms with E-state index in [0.717, 1.165) is 12.1 Å². The Bertz CT molecular complexity index is 280. The van der Waals surface area contributed by atoms with Crippen molar-refractivity contribution in [3.05, 3.63) is 30.3 Å². The Labute approximate surface area is 85.3 Å². The molecule has 0 aromatic heterocycles. The summed E-state index contributed by atoms with van der Waals surface area (Å²) in [5.41, 5.74) is 0.876. The summed E-state index contributed by atoms with van der Waals surface area (Å²) in [5.74, 6) is 0.682. The van der Waals surface area contributed by atoms with Crippen molar-refractivity contribution in [3.63, 3.8) is 0 Å². The molecule has 1 amide bonds. The maximum Gasteiger partial charge on any atom is 0.224 e. The summed E-state index contributed by atoms with van der Waals surface area (Å²) < 4.78 is 0. The molecule has 76 valence electrons. The van der Waals surface area contributed by atoms with Gasteiger partial charge in [0, 0.05) is 12.1 Å². The average molecular weight is 191 g/mol. The molecule has 1 rings (SSSR count). The topological polar surface area (TPSA) is 29.1 Å². The van der Waals surface area contributed by atoms with Crippen molar-refractivity contribution in [1.29, 1.82) is 0 Å². The number of rotatable bonds is 4. The number of carbonyl (C=O) groups is 1. The Morgan fingerprint density at radius 1 is 1.29 bits per heavy atom. The van der Waals surface area contributed by atoms with Crippen molar-refractivity contribution < 1.29 is 4.79 Å². The van der Waals surface area contributed by atoms with Crippen molar-refractivity contribution in [1.82, 2.24) is 0 Å². The van der Waals surface area contributed by atoms with Crippen LogP contribution in [0, 0.1) is 5.92 Å². The molecule has 0 atom stereocenters. The Balaban J connectivity index is 2.35. The van der Waals surface area contributed by atoms with Gasteiger partial charge in [-0.1, -0.05) is 32.0 Å². The molecule has 0 bridgehead atoms. The molecular formula is C12H17NO. The highest BCUT2D eigenvalue weighted by Crippen LogP contribution is 2.08. The number of carbonyl (C=O) groups excluding carboxylic acids is 1. The van der Waals surface area contributed by atoms with Crippen LogP contribution in [0.2, 0.25) is 0 Å². The molecule has 0 fully saturated rings. The minimum atomic E-state index is 0.102. The summed E-state index contributed by atoms with van der Waals surface area (Å²) in [6, 6.07) is 9.56. The van der Waals surface area contributed by atoms with Gasteiger partial charge in [0.2, 0.25) is 5.91 Å². The summed E-state index contributed by atoms with van der Waals surface area (Å²) in [5, 5.41) is 2.86. The molecule has 0 aliphatic rings. The van der Waals surface area contributed by atoms with E-state index in [-0.39, 0.29) is 5.91 Å². The second-order valence-corrected chi connectivity index (χ2v) is 3.85. The lowest BCUT2D eigenvalue weighted by molar-refractivity contribution is -0.116. The van der Waals surface area contributed by atoms with E-state index in [9.17, 15) is 4.79 Å². The predicted molar refractivity (Wildman–Crippen MR) is 59.1 cm³/mol. The van der Waals surface area contributed by atoms with Gasteiger partial charge in [0.15, 0.2) is 0 Å². The van der Waals surface area contributed by atoms with E-state index in [1.807, 2.05) is 30.3 Å². The number of nitrogens with one attached hydrogen (secondary N) is 1. The molecular weight excluding hydrogens is 174 g/mol. The molecule has 14 heavy (non-hydrogen) atoms. The Hall–Kier alpha value is -1.31. The van der Waals surface area contributed by atoms with Gasteiger partial charge < -0.3 is 5.32 Å². The molecule has 0 aliphatic carbocycles. The average Bonchev–Trinajstić information content (AvgIpc) is 2.16. The maximum atomic E-state index is 11.4. The first-order chi connectivity index (χ1) is 6.68. The van der Waals surface area contributed by atoms with E-state index >= 15 is 0 Å². The number of benzene rings is 1. The van der Waals surface area contributed by atoms with Gasteiger partial charge in [0.1, 0.15) is 0 Å². The predicted octanol–water partition coefficient (Wildman–Crippen LogP) is 3.06. The van der Waals surface area contributed by atoms with Crippen molar-refractivity contribution in [2.45, 2.75) is 26.7 Å². The lowest BCUT2D eigenvalue weighted by atomic mass is 10.1. The first-order valence-corrected chi connectivity index (χ1v) is 5.03. The molecule has 0 heterocycles. The van der Waals surface area contributed by atoms with E-state index in [1.165, 1.54) is 0 Å². The largest absolute Gasteiger partial charge is 0.326 e. The van der Waals surface area contributed by atoms with E-state index in [4.69, 9.17) is 0 Å². The molecule has 0 radical (unpaired) electrons. The monoisotopic (exact) mass is 191 g/mol. The van der Waals surface area contributed by atoms with Gasteiger partial charge in [0.05, 0.1) is 0 Å². The summed E-state index contributed by atoms with van der Waals surface area (Å²) in [4.78, 5) is 11.4. The van der Waals surface area contributed by atoms with Crippen LogP contribution in [0.25, 0.3) is 0 Å². The van der Waals surface area contributed by atoms with Crippen LogP contribution in [0.1, 0.15) is 26.7 Å². The summed E-state index contributed by atoms with van der Waals surface area (Å²) >= 11 is 0. The molecule has 0 spiro atoms. The number of para-hydroxylation sites is 1. The van der Waals surface area contributed by atoms with Gasteiger partial charge in [0.25, 0.3) is 0 Å². The van der Waals surface area contributed by atoms with E-state index in [1.54, 1.807) is 0 Å². The number of hydrogen-bond donors (Lipinski definition) is 1. The first kappa shape index (κ1) is 10.8. The van der Waals surface area contributed by atoms with Crippen LogP contribution in [0.5, 0.6) is 0 Å². The molecule has 0 saturated heterocycles. The maximum absolute atomic E-state index is 11.4. The fraction of sp³-hybridized carbons (Fsp3) is 0.417. The minimum absolute atomic E-state index is 0.102. The van der Waals surface area contributed by atoms with Crippen molar-refractivity contribution in [2.75, 3.05) is 5.32 Å². The van der Waals surface area contributed by atoms with E-state index in [0.29, 0.717) is 12.3 Å². The normalized spacial score (nSPS) is 10.2. The Morgan fingerprint density at radius 3 is 2.50 bits per heavy atom. The zero-order chi connectivity index (χ0) is 10.4. The third-order valence-electron chi connectivity index (χ3n) is 2.01. The van der Waals surface area contributed by atoms with Gasteiger partial charge in [-0.25, -0.2) is 0 Å². The van der Waals surface area contributed by atoms with Crippen molar-refractivity contribution in [2.24, 2.45) is 5.92 Å². The van der Waals surface area contributed by atoms with Gasteiger partial charge in [-0.3, -0.25) is 4.79 Å². The molecule has 0 saturated carbocycles. The fourth-order valence-corrected chi connectivity index (χ4v) is 1.16. The lowest BCUT2D eigenvalue weighted by Gasteiger charge is -2.06. The van der Waals surface area contributed by atoms with Crippen LogP contribution >= 0.6 is 0 Å². The lowest BCUT2D eigenvalue weighted by Crippen LogP contribution is -2.11. The molecule has 1 N–H and O–H groups in total. The third-order valence-corrected chi connectivity index (χ3v) is 2.01. The second kappa shape index (κ2) is 5.43. The van der Waals surface area contributed by atoms with E-state index < -0.39 is 0 Å². The van der Waals surface area contributed by atoms with Crippen LogP contribution in [0.15, 0.2) is 30.3 Å². The molecule has 2 nitrogen and oxygen atoms in total. The summed E-state index contributed by atoms with van der Waals surface area (Å²) in [7, 11) is 0. The van der Waals surface area contributed by atoms with Crippen LogP contribution in [0.4, 0.5) is 5.69 Å². The van der Waals surface area contributed by atoms with Crippen LogP contribution in [-0.4, -0.2) is 5.91 Å². The summed E-state index contributed by atoms with van der Waals surface area (Å²) in [6.45, 7) is 4.24. The van der Waals surface area contributed by atoms with Crippen LogP contribution in [-0.2, 0) is 4.79 Å². The molecule has 2 heteroatoms. The van der Waals surface area contributed by atoms with Gasteiger partial charge in [-0.15, -0.1) is 0 Å². The number of anilines is 1. The Morgan fingerprint density at radius 2 is 1.93 bits per heavy atom. The number of amides is 1. The molecule has 0 unspecified atom stereocenters. The highest BCUT2D eigenvalue weighted by Gasteiger charge is 2.02. The smallest absolute Gasteiger partial charge is 0.224 e. The SMILES string of the molecule is CC(C)CCC(=O)Nc1ccccc1. The first-order valence-electron chi connectivity index (χ1n) is 5.03. The van der Waals surface area contributed by atoms with Crippen molar-refractivity contribution >= 4 is 11.6 Å². The standard InChI is InChI=1S/C12H17NO/c1-10(2)8-9-12(14)13-11-6-4-3-5-7-11/h3-7,10H,8-9H2,1-2H3,(H,13,14). The highest BCUT2D eigenvalue weighted by atomic mass is 16.1. The minimum Gasteiger partial charge on any atom is -0.326 e. The third kappa shape index (κ3) is 4.08. The molecule has 0 aliphatic heterocycles. The quantitative estimate of drug-likeness (QED) is 0.778.